The van der Waals surface area contributed by atoms with Crippen molar-refractivity contribution in [1.29, 1.82) is 0 Å². The summed E-state index contributed by atoms with van der Waals surface area (Å²) in [6.07, 6.45) is 6.53. The molecular formula is C17H27NO. The highest BCUT2D eigenvalue weighted by molar-refractivity contribution is 5.39. The van der Waals surface area contributed by atoms with E-state index in [9.17, 15) is 0 Å². The topological polar surface area (TPSA) is 35.2 Å². The van der Waals surface area contributed by atoms with Gasteiger partial charge in [0.05, 0.1) is 7.11 Å². The van der Waals surface area contributed by atoms with Gasteiger partial charge in [-0.15, -0.1) is 0 Å². The van der Waals surface area contributed by atoms with Crippen LogP contribution in [0.2, 0.25) is 0 Å². The van der Waals surface area contributed by atoms with E-state index in [4.69, 9.17) is 10.5 Å². The fourth-order valence-electron chi connectivity index (χ4n) is 3.54. The second-order valence-electron chi connectivity index (χ2n) is 5.89. The molecule has 1 aromatic rings. The normalized spacial score (nSPS) is 25.1. The minimum absolute atomic E-state index is 0.112. The number of benzene rings is 1. The third kappa shape index (κ3) is 3.11. The fraction of sp³-hybridized carbons (Fsp3) is 0.647. The second-order valence-corrected chi connectivity index (χ2v) is 5.89. The van der Waals surface area contributed by atoms with Gasteiger partial charge in [-0.1, -0.05) is 44.7 Å². The van der Waals surface area contributed by atoms with E-state index in [1.807, 2.05) is 0 Å². The molecule has 1 aliphatic carbocycles. The van der Waals surface area contributed by atoms with Crippen LogP contribution in [-0.2, 0) is 0 Å². The van der Waals surface area contributed by atoms with Gasteiger partial charge in [-0.25, -0.2) is 0 Å². The van der Waals surface area contributed by atoms with Crippen molar-refractivity contribution < 1.29 is 4.74 Å². The molecule has 1 aromatic carbocycles. The van der Waals surface area contributed by atoms with Crippen LogP contribution in [0.25, 0.3) is 0 Å². The van der Waals surface area contributed by atoms with Crippen molar-refractivity contribution in [2.24, 2.45) is 17.6 Å². The van der Waals surface area contributed by atoms with E-state index in [2.05, 4.69) is 32.0 Å². The fourth-order valence-corrected chi connectivity index (χ4v) is 3.54. The summed E-state index contributed by atoms with van der Waals surface area (Å²) >= 11 is 0. The number of ether oxygens (including phenoxy) is 1. The number of rotatable bonds is 4. The van der Waals surface area contributed by atoms with Crippen molar-refractivity contribution in [3.8, 4) is 5.75 Å². The molecule has 0 spiro atoms. The van der Waals surface area contributed by atoms with Crippen LogP contribution in [0.5, 0.6) is 5.75 Å². The zero-order valence-electron chi connectivity index (χ0n) is 12.5. The third-order valence-electron chi connectivity index (χ3n) is 4.70. The minimum Gasteiger partial charge on any atom is -0.496 e. The number of methoxy groups -OCH3 is 1. The highest BCUT2D eigenvalue weighted by Gasteiger charge is 2.30. The van der Waals surface area contributed by atoms with Crippen LogP contribution in [0.4, 0.5) is 0 Å². The molecule has 2 N–H and O–H groups in total. The molecule has 0 amide bonds. The van der Waals surface area contributed by atoms with Gasteiger partial charge in [0.25, 0.3) is 0 Å². The molecule has 1 saturated carbocycles. The summed E-state index contributed by atoms with van der Waals surface area (Å²) in [7, 11) is 1.74. The van der Waals surface area contributed by atoms with Crippen LogP contribution in [0, 0.1) is 18.8 Å². The molecule has 0 saturated heterocycles. The quantitative estimate of drug-likeness (QED) is 0.880. The minimum atomic E-state index is 0.112. The summed E-state index contributed by atoms with van der Waals surface area (Å²) in [4.78, 5) is 0. The van der Waals surface area contributed by atoms with Crippen LogP contribution in [-0.4, -0.2) is 7.11 Å². The van der Waals surface area contributed by atoms with Gasteiger partial charge in [-0.3, -0.25) is 0 Å². The van der Waals surface area contributed by atoms with Gasteiger partial charge in [0.1, 0.15) is 5.75 Å². The van der Waals surface area contributed by atoms with Gasteiger partial charge in [0.2, 0.25) is 0 Å². The zero-order valence-corrected chi connectivity index (χ0v) is 12.5. The van der Waals surface area contributed by atoms with Crippen molar-refractivity contribution in [3.63, 3.8) is 0 Å². The molecule has 0 bridgehead atoms. The molecule has 106 valence electrons. The Morgan fingerprint density at radius 2 is 2.05 bits per heavy atom. The molecule has 19 heavy (non-hydrogen) atoms. The lowest BCUT2D eigenvalue weighted by Crippen LogP contribution is -2.30. The van der Waals surface area contributed by atoms with Crippen LogP contribution in [0.1, 0.15) is 56.2 Å². The van der Waals surface area contributed by atoms with Crippen molar-refractivity contribution in [1.82, 2.24) is 0 Å². The highest BCUT2D eigenvalue weighted by Crippen LogP contribution is 2.41. The van der Waals surface area contributed by atoms with E-state index < -0.39 is 0 Å². The van der Waals surface area contributed by atoms with E-state index in [0.29, 0.717) is 5.92 Å². The molecule has 2 rings (SSSR count). The van der Waals surface area contributed by atoms with E-state index in [-0.39, 0.29) is 6.04 Å². The smallest absolute Gasteiger partial charge is 0.123 e. The summed E-state index contributed by atoms with van der Waals surface area (Å²) in [5.41, 5.74) is 8.99. The van der Waals surface area contributed by atoms with Crippen molar-refractivity contribution in [2.75, 3.05) is 7.11 Å². The van der Waals surface area contributed by atoms with Gasteiger partial charge < -0.3 is 10.5 Å². The predicted octanol–water partition coefficient (Wildman–Crippen LogP) is 4.22. The van der Waals surface area contributed by atoms with E-state index in [1.165, 1.54) is 43.2 Å². The first kappa shape index (κ1) is 14.4. The predicted molar refractivity (Wildman–Crippen MR) is 80.4 cm³/mol. The Kier molecular flexibility index (Phi) is 4.87. The van der Waals surface area contributed by atoms with Gasteiger partial charge in [0.15, 0.2) is 0 Å². The monoisotopic (exact) mass is 261 g/mol. The van der Waals surface area contributed by atoms with Crippen molar-refractivity contribution in [3.05, 3.63) is 29.3 Å². The number of hydrogen-bond acceptors (Lipinski definition) is 2. The summed E-state index contributed by atoms with van der Waals surface area (Å²) in [6.45, 7) is 4.38. The summed E-state index contributed by atoms with van der Waals surface area (Å²) in [5, 5.41) is 0. The Morgan fingerprint density at radius 3 is 2.74 bits per heavy atom. The lowest BCUT2D eigenvalue weighted by molar-refractivity contribution is 0.194. The maximum atomic E-state index is 6.58. The Balaban J connectivity index is 2.24. The lowest BCUT2D eigenvalue weighted by atomic mass is 9.72. The second kappa shape index (κ2) is 6.42. The van der Waals surface area contributed by atoms with Crippen molar-refractivity contribution in [2.45, 2.75) is 52.0 Å². The SMILES string of the molecule is CCC1CCCCC1C(N)c1ccc(C)cc1OC. The zero-order chi connectivity index (χ0) is 13.8. The first-order valence-electron chi connectivity index (χ1n) is 7.57. The molecule has 3 unspecified atom stereocenters. The molecule has 0 radical (unpaired) electrons. The molecular weight excluding hydrogens is 234 g/mol. The molecule has 0 aliphatic heterocycles. The third-order valence-corrected chi connectivity index (χ3v) is 4.70. The van der Waals surface area contributed by atoms with E-state index in [1.54, 1.807) is 7.11 Å². The summed E-state index contributed by atoms with van der Waals surface area (Å²) in [5.74, 6) is 2.33. The summed E-state index contributed by atoms with van der Waals surface area (Å²) < 4.78 is 5.53. The van der Waals surface area contributed by atoms with E-state index >= 15 is 0 Å². The van der Waals surface area contributed by atoms with Crippen LogP contribution in [0.3, 0.4) is 0 Å². The van der Waals surface area contributed by atoms with E-state index in [0.717, 1.165) is 11.7 Å². The molecule has 0 heterocycles. The average molecular weight is 261 g/mol. The molecule has 1 aliphatic rings. The average Bonchev–Trinajstić information content (AvgIpc) is 2.46. The maximum Gasteiger partial charge on any atom is 0.123 e. The first-order chi connectivity index (χ1) is 9.17. The summed E-state index contributed by atoms with van der Waals surface area (Å²) in [6, 6.07) is 6.50. The Hall–Kier alpha value is -1.02. The van der Waals surface area contributed by atoms with Gasteiger partial charge in [-0.05, 0) is 36.8 Å². The van der Waals surface area contributed by atoms with Crippen LogP contribution < -0.4 is 10.5 Å². The number of aryl methyl sites for hydroxylation is 1. The highest BCUT2D eigenvalue weighted by atomic mass is 16.5. The largest absolute Gasteiger partial charge is 0.496 e. The van der Waals surface area contributed by atoms with Crippen molar-refractivity contribution >= 4 is 0 Å². The Labute approximate surface area is 117 Å². The van der Waals surface area contributed by atoms with Gasteiger partial charge in [0, 0.05) is 11.6 Å². The number of hydrogen-bond donors (Lipinski definition) is 1. The lowest BCUT2D eigenvalue weighted by Gasteiger charge is -2.35. The maximum absolute atomic E-state index is 6.58. The van der Waals surface area contributed by atoms with Crippen LogP contribution >= 0.6 is 0 Å². The first-order valence-corrected chi connectivity index (χ1v) is 7.57. The molecule has 2 heteroatoms. The van der Waals surface area contributed by atoms with Gasteiger partial charge in [-0.2, -0.15) is 0 Å². The molecule has 1 fully saturated rings. The van der Waals surface area contributed by atoms with Crippen LogP contribution in [0.15, 0.2) is 18.2 Å². The molecule has 2 nitrogen and oxygen atoms in total. The van der Waals surface area contributed by atoms with Gasteiger partial charge >= 0.3 is 0 Å². The molecule has 0 aromatic heterocycles. The number of nitrogens with two attached hydrogens (primary N) is 1. The standard InChI is InChI=1S/C17H27NO/c1-4-13-7-5-6-8-14(13)17(18)15-10-9-12(2)11-16(15)19-3/h9-11,13-14,17H,4-8,18H2,1-3H3. The molecule has 3 atom stereocenters. The Bertz CT molecular complexity index is 416. The Morgan fingerprint density at radius 1 is 1.32 bits per heavy atom.